The van der Waals surface area contributed by atoms with Gasteiger partial charge in [-0.3, -0.25) is 15.5 Å². The van der Waals surface area contributed by atoms with Crippen molar-refractivity contribution in [2.45, 2.75) is 39.2 Å². The van der Waals surface area contributed by atoms with Gasteiger partial charge in [0.15, 0.2) is 0 Å². The minimum absolute atomic E-state index is 0.0957. The molecule has 1 atom stereocenters. The van der Waals surface area contributed by atoms with E-state index < -0.39 is 4.92 Å². The Bertz CT molecular complexity index is 488. The third kappa shape index (κ3) is 3.28. The first-order valence-electron chi connectivity index (χ1n) is 6.27. The van der Waals surface area contributed by atoms with E-state index in [0.29, 0.717) is 0 Å². The molecule has 1 fully saturated rings. The normalized spacial score (nSPS) is 15.9. The van der Waals surface area contributed by atoms with Gasteiger partial charge in [-0.1, -0.05) is 12.8 Å². The van der Waals surface area contributed by atoms with Crippen LogP contribution in [-0.2, 0) is 0 Å². The monoisotopic (exact) mass is 266 g/mol. The second-order valence-corrected chi connectivity index (χ2v) is 4.96. The molecule has 4 N–H and O–H groups in total. The first-order chi connectivity index (χ1) is 9.01. The summed E-state index contributed by atoms with van der Waals surface area (Å²) in [5, 5.41) is 14.2. The number of hydrogen-bond donors (Lipinski definition) is 3. The Morgan fingerprint density at radius 3 is 2.74 bits per heavy atom. The van der Waals surface area contributed by atoms with Gasteiger partial charge in [0.25, 0.3) is 0 Å². The minimum atomic E-state index is -0.470. The molecule has 1 aliphatic rings. The topological polar surface area (TPSA) is 119 Å². The number of nitrogens with one attached hydrogen (secondary N) is 2. The van der Waals surface area contributed by atoms with Crippen LogP contribution in [0.2, 0.25) is 0 Å². The molecule has 19 heavy (non-hydrogen) atoms. The predicted molar refractivity (Wildman–Crippen MR) is 71.7 cm³/mol. The zero-order chi connectivity index (χ0) is 14.0. The van der Waals surface area contributed by atoms with Gasteiger partial charge in [-0.05, 0) is 26.2 Å². The van der Waals surface area contributed by atoms with E-state index in [9.17, 15) is 10.1 Å². The van der Waals surface area contributed by atoms with E-state index in [1.165, 1.54) is 12.8 Å². The van der Waals surface area contributed by atoms with Gasteiger partial charge in [0.2, 0.25) is 11.8 Å². The number of hydrogen-bond acceptors (Lipinski definition) is 7. The van der Waals surface area contributed by atoms with Crippen LogP contribution >= 0.6 is 0 Å². The lowest BCUT2D eigenvalue weighted by Crippen LogP contribution is -2.20. The molecule has 8 nitrogen and oxygen atoms in total. The van der Waals surface area contributed by atoms with Gasteiger partial charge in [-0.2, -0.15) is 4.98 Å². The molecular weight excluding hydrogens is 248 g/mol. The van der Waals surface area contributed by atoms with Crippen LogP contribution in [0.15, 0.2) is 0 Å². The van der Waals surface area contributed by atoms with Crippen LogP contribution in [0.3, 0.4) is 0 Å². The molecule has 1 aromatic heterocycles. The lowest BCUT2D eigenvalue weighted by Gasteiger charge is -2.15. The van der Waals surface area contributed by atoms with Crippen molar-refractivity contribution in [2.24, 2.45) is 11.8 Å². The summed E-state index contributed by atoms with van der Waals surface area (Å²) >= 11 is 0. The quantitative estimate of drug-likeness (QED) is 0.406. The maximum absolute atomic E-state index is 11.1. The van der Waals surface area contributed by atoms with Crippen molar-refractivity contribution in [1.29, 1.82) is 0 Å². The van der Waals surface area contributed by atoms with Crippen molar-refractivity contribution in [3.05, 3.63) is 15.8 Å². The Kier molecular flexibility index (Phi) is 3.79. The summed E-state index contributed by atoms with van der Waals surface area (Å²) in [5.74, 6) is 6.39. The largest absolute Gasteiger partial charge is 0.362 e. The highest BCUT2D eigenvalue weighted by Crippen LogP contribution is 2.35. The van der Waals surface area contributed by atoms with Crippen molar-refractivity contribution in [1.82, 2.24) is 9.97 Å². The molecule has 0 aliphatic heterocycles. The number of nitrogen functional groups attached to an aromatic ring is 1. The molecule has 2 rings (SSSR count). The van der Waals surface area contributed by atoms with E-state index in [4.69, 9.17) is 5.84 Å². The van der Waals surface area contributed by atoms with Crippen molar-refractivity contribution in [3.63, 3.8) is 0 Å². The fourth-order valence-electron chi connectivity index (χ4n) is 2.10. The summed E-state index contributed by atoms with van der Waals surface area (Å²) in [5.41, 5.74) is 2.51. The molecule has 0 saturated heterocycles. The number of nitrogens with two attached hydrogens (primary N) is 1. The maximum atomic E-state index is 11.1. The molecule has 1 unspecified atom stereocenters. The van der Waals surface area contributed by atoms with Gasteiger partial charge < -0.3 is 5.32 Å². The standard InChI is InChI=1S/C11H18N6O2/c1-6(5-8-3-4-8)13-10-9(17(18)19)7(2)14-11(15-10)16-12/h6,8H,3-5,12H2,1-2H3,(H2,13,14,15,16). The fraction of sp³-hybridized carbons (Fsp3) is 0.636. The van der Waals surface area contributed by atoms with Gasteiger partial charge in [0.1, 0.15) is 5.69 Å². The van der Waals surface area contributed by atoms with E-state index in [0.717, 1.165) is 12.3 Å². The molecule has 0 radical (unpaired) electrons. The summed E-state index contributed by atoms with van der Waals surface area (Å²) in [7, 11) is 0. The molecule has 1 aromatic rings. The summed E-state index contributed by atoms with van der Waals surface area (Å²) in [6, 6.07) is 0.131. The molecule has 1 heterocycles. The average Bonchev–Trinajstić information content (AvgIpc) is 3.11. The number of aryl methyl sites for hydroxylation is 1. The highest BCUT2D eigenvalue weighted by Gasteiger charge is 2.27. The lowest BCUT2D eigenvalue weighted by molar-refractivity contribution is -0.385. The summed E-state index contributed by atoms with van der Waals surface area (Å²) in [6.07, 6.45) is 3.48. The lowest BCUT2D eigenvalue weighted by atomic mass is 10.1. The number of nitro groups is 1. The van der Waals surface area contributed by atoms with Crippen LogP contribution in [0.4, 0.5) is 17.5 Å². The Labute approximate surface area is 110 Å². The Morgan fingerprint density at radius 1 is 1.53 bits per heavy atom. The second kappa shape index (κ2) is 5.35. The van der Waals surface area contributed by atoms with E-state index in [1.807, 2.05) is 6.92 Å². The molecule has 0 aromatic carbocycles. The number of rotatable bonds is 6. The Morgan fingerprint density at radius 2 is 2.21 bits per heavy atom. The van der Waals surface area contributed by atoms with Gasteiger partial charge in [-0.25, -0.2) is 10.8 Å². The molecule has 104 valence electrons. The van der Waals surface area contributed by atoms with Gasteiger partial charge in [0, 0.05) is 6.04 Å². The van der Waals surface area contributed by atoms with Crippen LogP contribution < -0.4 is 16.6 Å². The highest BCUT2D eigenvalue weighted by atomic mass is 16.6. The SMILES string of the molecule is Cc1nc(NN)nc(NC(C)CC2CC2)c1[N+](=O)[O-]. The molecule has 0 amide bonds. The number of aromatic nitrogens is 2. The number of anilines is 2. The molecule has 1 saturated carbocycles. The van der Waals surface area contributed by atoms with Gasteiger partial charge in [-0.15, -0.1) is 0 Å². The maximum Gasteiger partial charge on any atom is 0.332 e. The molecule has 1 aliphatic carbocycles. The number of nitrogens with zero attached hydrogens (tertiary/aromatic N) is 3. The van der Waals surface area contributed by atoms with Crippen LogP contribution in [0.25, 0.3) is 0 Å². The average molecular weight is 266 g/mol. The van der Waals surface area contributed by atoms with E-state index >= 15 is 0 Å². The molecule has 0 bridgehead atoms. The van der Waals surface area contributed by atoms with Crippen LogP contribution in [0.5, 0.6) is 0 Å². The van der Waals surface area contributed by atoms with Crippen LogP contribution in [-0.4, -0.2) is 20.9 Å². The highest BCUT2D eigenvalue weighted by molar-refractivity contribution is 5.61. The molecule has 0 spiro atoms. The van der Waals surface area contributed by atoms with E-state index in [-0.39, 0.29) is 29.2 Å². The van der Waals surface area contributed by atoms with Crippen molar-refractivity contribution in [2.75, 3.05) is 10.7 Å². The minimum Gasteiger partial charge on any atom is -0.362 e. The Balaban J connectivity index is 2.24. The zero-order valence-corrected chi connectivity index (χ0v) is 11.0. The van der Waals surface area contributed by atoms with Crippen molar-refractivity contribution in [3.8, 4) is 0 Å². The third-order valence-corrected chi connectivity index (χ3v) is 3.14. The van der Waals surface area contributed by atoms with Crippen molar-refractivity contribution < 1.29 is 4.92 Å². The van der Waals surface area contributed by atoms with Crippen LogP contribution in [0.1, 0.15) is 31.9 Å². The summed E-state index contributed by atoms with van der Waals surface area (Å²) < 4.78 is 0. The second-order valence-electron chi connectivity index (χ2n) is 4.96. The van der Waals surface area contributed by atoms with E-state index in [2.05, 4.69) is 20.7 Å². The predicted octanol–water partition coefficient (Wildman–Crippen LogP) is 1.58. The van der Waals surface area contributed by atoms with Gasteiger partial charge in [0.05, 0.1) is 4.92 Å². The number of hydrazine groups is 1. The summed E-state index contributed by atoms with van der Waals surface area (Å²) in [6.45, 7) is 3.56. The first kappa shape index (κ1) is 13.5. The zero-order valence-electron chi connectivity index (χ0n) is 11.0. The Hall–Kier alpha value is -1.96. The molecular formula is C11H18N6O2. The smallest absolute Gasteiger partial charge is 0.332 e. The molecule has 8 heteroatoms. The van der Waals surface area contributed by atoms with Crippen molar-refractivity contribution >= 4 is 17.5 Å². The van der Waals surface area contributed by atoms with Gasteiger partial charge >= 0.3 is 5.69 Å². The van der Waals surface area contributed by atoms with E-state index in [1.54, 1.807) is 6.92 Å². The van der Waals surface area contributed by atoms with Crippen LogP contribution in [0, 0.1) is 23.0 Å². The third-order valence-electron chi connectivity index (χ3n) is 3.14. The summed E-state index contributed by atoms with van der Waals surface area (Å²) in [4.78, 5) is 18.6. The first-order valence-corrected chi connectivity index (χ1v) is 6.27. The fourth-order valence-corrected chi connectivity index (χ4v) is 2.10.